The Balaban J connectivity index is 2.30. The number of nitrogens with one attached hydrogen (secondary N) is 1. The molecule has 1 rings (SSSR count). The van der Waals surface area contributed by atoms with Gasteiger partial charge in [-0.15, -0.1) is 11.3 Å². The standard InChI is InChI=1S/C13H24N2S/c1-4-5-6-9-14-11-12(15(2)3)13-8-7-10-16-13/h7-8,10,12,14H,4-6,9,11H2,1-3H3. The number of likely N-dealkylation sites (N-methyl/N-ethyl adjacent to an activating group) is 1. The van der Waals surface area contributed by atoms with Crippen LogP contribution in [-0.4, -0.2) is 32.1 Å². The van der Waals surface area contributed by atoms with Gasteiger partial charge in [0.05, 0.1) is 6.04 Å². The second kappa shape index (κ2) is 7.82. The zero-order chi connectivity index (χ0) is 11.8. The largest absolute Gasteiger partial charge is 0.315 e. The summed E-state index contributed by atoms with van der Waals surface area (Å²) in [7, 11) is 4.30. The third-order valence-corrected chi connectivity index (χ3v) is 3.76. The van der Waals surface area contributed by atoms with Crippen LogP contribution in [0.1, 0.15) is 37.1 Å². The average molecular weight is 240 g/mol. The van der Waals surface area contributed by atoms with Gasteiger partial charge in [0.25, 0.3) is 0 Å². The maximum atomic E-state index is 3.55. The Morgan fingerprint density at radius 2 is 2.19 bits per heavy atom. The molecule has 0 spiro atoms. The van der Waals surface area contributed by atoms with Gasteiger partial charge < -0.3 is 10.2 Å². The Morgan fingerprint density at radius 1 is 1.38 bits per heavy atom. The van der Waals surface area contributed by atoms with Crippen molar-refractivity contribution in [1.82, 2.24) is 10.2 Å². The van der Waals surface area contributed by atoms with Crippen molar-refractivity contribution in [1.29, 1.82) is 0 Å². The van der Waals surface area contributed by atoms with Gasteiger partial charge in [-0.2, -0.15) is 0 Å². The van der Waals surface area contributed by atoms with Crippen LogP contribution in [0.4, 0.5) is 0 Å². The lowest BCUT2D eigenvalue weighted by Crippen LogP contribution is -2.31. The van der Waals surface area contributed by atoms with Gasteiger partial charge in [0.15, 0.2) is 0 Å². The van der Waals surface area contributed by atoms with Crippen molar-refractivity contribution in [3.05, 3.63) is 22.4 Å². The molecule has 0 aromatic carbocycles. The third kappa shape index (κ3) is 4.64. The van der Waals surface area contributed by atoms with Crippen molar-refractivity contribution >= 4 is 11.3 Å². The van der Waals surface area contributed by atoms with Crippen LogP contribution in [0, 0.1) is 0 Å². The zero-order valence-electron chi connectivity index (χ0n) is 10.7. The second-order valence-electron chi connectivity index (χ2n) is 4.41. The van der Waals surface area contributed by atoms with E-state index in [1.807, 2.05) is 11.3 Å². The molecule has 0 saturated heterocycles. The number of hydrogen-bond acceptors (Lipinski definition) is 3. The summed E-state index contributed by atoms with van der Waals surface area (Å²) in [5.41, 5.74) is 0. The molecule has 1 atom stereocenters. The SMILES string of the molecule is CCCCCNCC(c1cccs1)N(C)C. The fraction of sp³-hybridized carbons (Fsp3) is 0.692. The number of unbranched alkanes of at least 4 members (excludes halogenated alkanes) is 2. The summed E-state index contributed by atoms with van der Waals surface area (Å²) in [6, 6.07) is 4.87. The molecule has 1 heterocycles. The Hall–Kier alpha value is -0.380. The summed E-state index contributed by atoms with van der Waals surface area (Å²) in [6.07, 6.45) is 3.92. The average Bonchev–Trinajstić information content (AvgIpc) is 2.76. The first-order chi connectivity index (χ1) is 7.75. The van der Waals surface area contributed by atoms with Crippen molar-refractivity contribution < 1.29 is 0 Å². The number of hydrogen-bond donors (Lipinski definition) is 1. The highest BCUT2D eigenvalue weighted by molar-refractivity contribution is 7.10. The van der Waals surface area contributed by atoms with Crippen molar-refractivity contribution in [2.75, 3.05) is 27.2 Å². The first kappa shape index (κ1) is 13.7. The van der Waals surface area contributed by atoms with E-state index in [2.05, 4.69) is 48.7 Å². The molecular formula is C13H24N2S. The first-order valence-corrected chi connectivity index (χ1v) is 7.04. The fourth-order valence-electron chi connectivity index (χ4n) is 1.76. The van der Waals surface area contributed by atoms with E-state index >= 15 is 0 Å². The highest BCUT2D eigenvalue weighted by Crippen LogP contribution is 2.22. The maximum absolute atomic E-state index is 3.55. The Morgan fingerprint density at radius 3 is 2.75 bits per heavy atom. The van der Waals surface area contributed by atoms with Crippen molar-refractivity contribution in [2.24, 2.45) is 0 Å². The molecule has 0 bridgehead atoms. The minimum Gasteiger partial charge on any atom is -0.315 e. The van der Waals surface area contributed by atoms with E-state index in [0.717, 1.165) is 13.1 Å². The van der Waals surface area contributed by atoms with Crippen LogP contribution < -0.4 is 5.32 Å². The van der Waals surface area contributed by atoms with Crippen molar-refractivity contribution in [3.8, 4) is 0 Å². The van der Waals surface area contributed by atoms with E-state index in [0.29, 0.717) is 6.04 Å². The molecule has 92 valence electrons. The van der Waals surface area contributed by atoms with Gasteiger partial charge in [-0.25, -0.2) is 0 Å². The lowest BCUT2D eigenvalue weighted by atomic mass is 10.2. The van der Waals surface area contributed by atoms with Gasteiger partial charge in [0.1, 0.15) is 0 Å². The molecule has 0 aliphatic rings. The molecule has 1 unspecified atom stereocenters. The van der Waals surface area contributed by atoms with Crippen molar-refractivity contribution in [3.63, 3.8) is 0 Å². The quantitative estimate of drug-likeness (QED) is 0.702. The van der Waals surface area contributed by atoms with Gasteiger partial charge in [-0.05, 0) is 38.5 Å². The molecule has 0 fully saturated rings. The lowest BCUT2D eigenvalue weighted by molar-refractivity contribution is 0.292. The van der Waals surface area contributed by atoms with E-state index in [9.17, 15) is 0 Å². The van der Waals surface area contributed by atoms with Crippen LogP contribution in [0.2, 0.25) is 0 Å². The second-order valence-corrected chi connectivity index (χ2v) is 5.39. The van der Waals surface area contributed by atoms with Crippen LogP contribution >= 0.6 is 11.3 Å². The van der Waals surface area contributed by atoms with E-state index in [1.165, 1.54) is 24.1 Å². The van der Waals surface area contributed by atoms with E-state index in [1.54, 1.807) is 0 Å². The van der Waals surface area contributed by atoms with Gasteiger partial charge in [-0.1, -0.05) is 25.8 Å². The molecule has 1 N–H and O–H groups in total. The molecule has 0 amide bonds. The zero-order valence-corrected chi connectivity index (χ0v) is 11.5. The van der Waals surface area contributed by atoms with Gasteiger partial charge >= 0.3 is 0 Å². The Labute approximate surface area is 104 Å². The van der Waals surface area contributed by atoms with Crippen LogP contribution in [0.25, 0.3) is 0 Å². The molecule has 16 heavy (non-hydrogen) atoms. The topological polar surface area (TPSA) is 15.3 Å². The van der Waals surface area contributed by atoms with Crippen LogP contribution in [0.3, 0.4) is 0 Å². The normalized spacial score (nSPS) is 13.2. The summed E-state index contributed by atoms with van der Waals surface area (Å²) in [5, 5.41) is 5.71. The molecule has 1 aromatic rings. The number of nitrogens with zero attached hydrogens (tertiary/aromatic N) is 1. The maximum Gasteiger partial charge on any atom is 0.0561 e. The van der Waals surface area contributed by atoms with Gasteiger partial charge in [0.2, 0.25) is 0 Å². The van der Waals surface area contributed by atoms with E-state index in [-0.39, 0.29) is 0 Å². The fourth-order valence-corrected chi connectivity index (χ4v) is 2.68. The minimum atomic E-state index is 0.515. The highest BCUT2D eigenvalue weighted by atomic mass is 32.1. The highest BCUT2D eigenvalue weighted by Gasteiger charge is 2.13. The summed E-state index contributed by atoms with van der Waals surface area (Å²) in [6.45, 7) is 4.44. The lowest BCUT2D eigenvalue weighted by Gasteiger charge is -2.23. The third-order valence-electron chi connectivity index (χ3n) is 2.79. The van der Waals surface area contributed by atoms with Crippen molar-refractivity contribution in [2.45, 2.75) is 32.2 Å². The summed E-state index contributed by atoms with van der Waals surface area (Å²) < 4.78 is 0. The van der Waals surface area contributed by atoms with E-state index < -0.39 is 0 Å². The molecule has 0 aliphatic carbocycles. The van der Waals surface area contributed by atoms with Crippen LogP contribution in [0.15, 0.2) is 17.5 Å². The smallest absolute Gasteiger partial charge is 0.0561 e. The Kier molecular flexibility index (Phi) is 6.69. The predicted molar refractivity (Wildman–Crippen MR) is 73.1 cm³/mol. The molecule has 1 aromatic heterocycles. The predicted octanol–water partition coefficient (Wildman–Crippen LogP) is 3.13. The first-order valence-electron chi connectivity index (χ1n) is 6.16. The van der Waals surface area contributed by atoms with Crippen LogP contribution in [-0.2, 0) is 0 Å². The summed E-state index contributed by atoms with van der Waals surface area (Å²) in [5.74, 6) is 0. The summed E-state index contributed by atoms with van der Waals surface area (Å²) in [4.78, 5) is 3.74. The van der Waals surface area contributed by atoms with Gasteiger partial charge in [-0.3, -0.25) is 0 Å². The summed E-state index contributed by atoms with van der Waals surface area (Å²) >= 11 is 1.85. The van der Waals surface area contributed by atoms with Gasteiger partial charge in [0, 0.05) is 11.4 Å². The van der Waals surface area contributed by atoms with Crippen LogP contribution in [0.5, 0.6) is 0 Å². The minimum absolute atomic E-state index is 0.515. The Bertz CT molecular complexity index is 257. The molecule has 2 nitrogen and oxygen atoms in total. The van der Waals surface area contributed by atoms with E-state index in [4.69, 9.17) is 0 Å². The monoisotopic (exact) mass is 240 g/mol. The molecular weight excluding hydrogens is 216 g/mol. The molecule has 0 radical (unpaired) electrons. The molecule has 0 aliphatic heterocycles. The number of rotatable bonds is 8. The number of thiophene rings is 1. The molecule has 0 saturated carbocycles. The molecule has 3 heteroatoms.